The van der Waals surface area contributed by atoms with Gasteiger partial charge < -0.3 is 4.90 Å². The number of hydrogen-bond acceptors (Lipinski definition) is 3. The van der Waals surface area contributed by atoms with Crippen LogP contribution in [0.3, 0.4) is 0 Å². The van der Waals surface area contributed by atoms with Gasteiger partial charge in [-0.2, -0.15) is 5.26 Å². The second-order valence-electron chi connectivity index (χ2n) is 5.25. The van der Waals surface area contributed by atoms with E-state index in [4.69, 9.17) is 0 Å². The van der Waals surface area contributed by atoms with E-state index in [1.54, 1.807) is 0 Å². The molecule has 1 N–H and O–H groups in total. The van der Waals surface area contributed by atoms with Gasteiger partial charge in [0.15, 0.2) is 0 Å². The number of nitrogens with zero attached hydrogens (tertiary/aromatic N) is 2. The molecule has 1 aliphatic heterocycles. The molecule has 0 unspecified atom stereocenters. The topological polar surface area (TPSA) is 39.1 Å². The zero-order valence-electron chi connectivity index (χ0n) is 10.3. The van der Waals surface area contributed by atoms with E-state index in [2.05, 4.69) is 23.2 Å². The molecular formula is C13H23N3. The van der Waals surface area contributed by atoms with Crippen molar-refractivity contribution in [1.29, 1.82) is 5.26 Å². The summed E-state index contributed by atoms with van der Waals surface area (Å²) in [4.78, 5) is 2.44. The van der Waals surface area contributed by atoms with Crippen LogP contribution >= 0.6 is 0 Å². The van der Waals surface area contributed by atoms with Crippen LogP contribution in [0.25, 0.3) is 0 Å². The standard InChI is InChI=1S/C13H23N3/c1-2-16-9-7-13(11-14,8-10-16)15-12-5-3-4-6-12/h12,15H,2-10H2,1H3. The molecule has 3 nitrogen and oxygen atoms in total. The molecule has 0 aromatic heterocycles. The molecule has 1 heterocycles. The van der Waals surface area contributed by atoms with Crippen LogP contribution in [-0.4, -0.2) is 36.1 Å². The van der Waals surface area contributed by atoms with Gasteiger partial charge in [-0.25, -0.2) is 0 Å². The number of likely N-dealkylation sites (tertiary alicyclic amines) is 1. The Labute approximate surface area is 98.8 Å². The first-order valence-corrected chi connectivity index (χ1v) is 6.69. The Balaban J connectivity index is 1.90. The Bertz CT molecular complexity index is 255. The third-order valence-corrected chi connectivity index (χ3v) is 4.21. The summed E-state index contributed by atoms with van der Waals surface area (Å²) in [5, 5.41) is 13.1. The normalized spacial score (nSPS) is 26.8. The van der Waals surface area contributed by atoms with Crippen LogP contribution in [0.1, 0.15) is 45.4 Å². The van der Waals surface area contributed by atoms with Gasteiger partial charge in [-0.1, -0.05) is 19.8 Å². The van der Waals surface area contributed by atoms with Crippen molar-refractivity contribution >= 4 is 0 Å². The first kappa shape index (κ1) is 11.9. The van der Waals surface area contributed by atoms with E-state index < -0.39 is 0 Å². The van der Waals surface area contributed by atoms with Crippen LogP contribution in [0.4, 0.5) is 0 Å². The molecule has 0 amide bonds. The predicted molar refractivity (Wildman–Crippen MR) is 65.1 cm³/mol. The first-order valence-electron chi connectivity index (χ1n) is 6.69. The lowest BCUT2D eigenvalue weighted by Gasteiger charge is -2.39. The van der Waals surface area contributed by atoms with E-state index >= 15 is 0 Å². The zero-order valence-corrected chi connectivity index (χ0v) is 10.3. The summed E-state index contributed by atoms with van der Waals surface area (Å²) in [5.41, 5.74) is -0.222. The molecule has 0 atom stereocenters. The molecule has 0 radical (unpaired) electrons. The lowest BCUT2D eigenvalue weighted by molar-refractivity contribution is 0.163. The Hall–Kier alpha value is -0.590. The third-order valence-electron chi connectivity index (χ3n) is 4.21. The Morgan fingerprint density at radius 3 is 2.44 bits per heavy atom. The molecular weight excluding hydrogens is 198 g/mol. The lowest BCUT2D eigenvalue weighted by atomic mass is 9.88. The van der Waals surface area contributed by atoms with Crippen molar-refractivity contribution < 1.29 is 0 Å². The minimum Gasteiger partial charge on any atom is -0.303 e. The maximum atomic E-state index is 9.43. The van der Waals surface area contributed by atoms with Gasteiger partial charge >= 0.3 is 0 Å². The fraction of sp³-hybridized carbons (Fsp3) is 0.923. The van der Waals surface area contributed by atoms with Crippen molar-refractivity contribution in [2.75, 3.05) is 19.6 Å². The summed E-state index contributed by atoms with van der Waals surface area (Å²) in [6.07, 6.45) is 7.18. The van der Waals surface area contributed by atoms with Gasteiger partial charge in [0.1, 0.15) is 5.54 Å². The van der Waals surface area contributed by atoms with Gasteiger partial charge in [0.25, 0.3) is 0 Å². The highest BCUT2D eigenvalue weighted by Gasteiger charge is 2.36. The molecule has 2 fully saturated rings. The van der Waals surface area contributed by atoms with Gasteiger partial charge in [-0.3, -0.25) is 5.32 Å². The Kier molecular flexibility index (Phi) is 3.83. The molecule has 2 rings (SSSR count). The highest BCUT2D eigenvalue weighted by molar-refractivity contribution is 5.11. The highest BCUT2D eigenvalue weighted by Crippen LogP contribution is 2.26. The molecule has 1 saturated heterocycles. The van der Waals surface area contributed by atoms with Crippen molar-refractivity contribution in [1.82, 2.24) is 10.2 Å². The molecule has 2 aliphatic rings. The quantitative estimate of drug-likeness (QED) is 0.791. The van der Waals surface area contributed by atoms with Gasteiger partial charge in [0.2, 0.25) is 0 Å². The molecule has 3 heteroatoms. The average Bonchev–Trinajstić information content (AvgIpc) is 2.83. The fourth-order valence-electron chi connectivity index (χ4n) is 3.00. The van der Waals surface area contributed by atoms with E-state index in [9.17, 15) is 5.26 Å². The molecule has 0 aromatic rings. The van der Waals surface area contributed by atoms with Crippen molar-refractivity contribution in [3.05, 3.63) is 0 Å². The van der Waals surface area contributed by atoms with Crippen LogP contribution in [-0.2, 0) is 0 Å². The van der Waals surface area contributed by atoms with Crippen molar-refractivity contribution in [3.8, 4) is 6.07 Å². The summed E-state index contributed by atoms with van der Waals surface area (Å²) in [6, 6.07) is 3.16. The van der Waals surface area contributed by atoms with Gasteiger partial charge in [-0.15, -0.1) is 0 Å². The van der Waals surface area contributed by atoms with Crippen LogP contribution in [0, 0.1) is 11.3 Å². The van der Waals surface area contributed by atoms with E-state index in [0.29, 0.717) is 6.04 Å². The number of rotatable bonds is 3. The maximum absolute atomic E-state index is 9.43. The molecule has 0 aromatic carbocycles. The summed E-state index contributed by atoms with van der Waals surface area (Å²) in [7, 11) is 0. The van der Waals surface area contributed by atoms with E-state index in [-0.39, 0.29) is 5.54 Å². The molecule has 16 heavy (non-hydrogen) atoms. The van der Waals surface area contributed by atoms with E-state index in [1.807, 2.05) is 0 Å². The van der Waals surface area contributed by atoms with Crippen LogP contribution in [0.15, 0.2) is 0 Å². The maximum Gasteiger partial charge on any atom is 0.109 e. The van der Waals surface area contributed by atoms with Crippen molar-refractivity contribution in [3.63, 3.8) is 0 Å². The van der Waals surface area contributed by atoms with Gasteiger partial charge in [0, 0.05) is 19.1 Å². The minimum atomic E-state index is -0.222. The van der Waals surface area contributed by atoms with Crippen molar-refractivity contribution in [2.24, 2.45) is 0 Å². The largest absolute Gasteiger partial charge is 0.303 e. The van der Waals surface area contributed by atoms with Crippen LogP contribution in [0.2, 0.25) is 0 Å². The van der Waals surface area contributed by atoms with Gasteiger partial charge in [-0.05, 0) is 32.2 Å². The Morgan fingerprint density at radius 2 is 1.94 bits per heavy atom. The number of nitriles is 1. The van der Waals surface area contributed by atoms with Crippen LogP contribution < -0.4 is 5.32 Å². The highest BCUT2D eigenvalue weighted by atomic mass is 15.2. The summed E-state index contributed by atoms with van der Waals surface area (Å²) in [6.45, 7) is 5.46. The zero-order chi connectivity index (χ0) is 11.4. The number of piperidine rings is 1. The third kappa shape index (κ3) is 2.56. The fourth-order valence-corrected chi connectivity index (χ4v) is 3.00. The summed E-state index contributed by atoms with van der Waals surface area (Å²) < 4.78 is 0. The minimum absolute atomic E-state index is 0.222. The predicted octanol–water partition coefficient (Wildman–Crippen LogP) is 1.90. The molecule has 1 saturated carbocycles. The number of nitrogens with one attached hydrogen (secondary N) is 1. The first-order chi connectivity index (χ1) is 7.78. The Morgan fingerprint density at radius 1 is 1.31 bits per heavy atom. The molecule has 1 aliphatic carbocycles. The second kappa shape index (κ2) is 5.16. The van der Waals surface area contributed by atoms with Gasteiger partial charge in [0.05, 0.1) is 6.07 Å². The summed E-state index contributed by atoms with van der Waals surface area (Å²) in [5.74, 6) is 0. The molecule has 90 valence electrons. The SMILES string of the molecule is CCN1CCC(C#N)(NC2CCCC2)CC1. The van der Waals surface area contributed by atoms with E-state index in [1.165, 1.54) is 25.7 Å². The molecule has 0 spiro atoms. The number of hydrogen-bond donors (Lipinski definition) is 1. The monoisotopic (exact) mass is 221 g/mol. The average molecular weight is 221 g/mol. The second-order valence-corrected chi connectivity index (χ2v) is 5.25. The van der Waals surface area contributed by atoms with Crippen molar-refractivity contribution in [2.45, 2.75) is 57.0 Å². The molecule has 0 bridgehead atoms. The smallest absolute Gasteiger partial charge is 0.109 e. The van der Waals surface area contributed by atoms with Crippen LogP contribution in [0.5, 0.6) is 0 Å². The van der Waals surface area contributed by atoms with E-state index in [0.717, 1.165) is 32.5 Å². The summed E-state index contributed by atoms with van der Waals surface area (Å²) >= 11 is 0. The lowest BCUT2D eigenvalue weighted by Crippen LogP contribution is -2.55.